The maximum Gasteiger partial charge on any atom is 0.194 e. The number of rotatable bonds is 2. The number of H-pyrrole nitrogens is 1. The minimum atomic E-state index is 0.212. The van der Waals surface area contributed by atoms with Crippen LogP contribution in [0.3, 0.4) is 0 Å². The lowest BCUT2D eigenvalue weighted by atomic mass is 10.0. The Kier molecular flexibility index (Phi) is 3.38. The number of nitrogens with one attached hydrogen (secondary N) is 1. The Morgan fingerprint density at radius 3 is 2.45 bits per heavy atom. The van der Waals surface area contributed by atoms with Crippen LogP contribution in [0.5, 0.6) is 0 Å². The molecule has 0 radical (unpaired) electrons. The summed E-state index contributed by atoms with van der Waals surface area (Å²) >= 11 is 0. The van der Waals surface area contributed by atoms with Gasteiger partial charge >= 0.3 is 0 Å². The van der Waals surface area contributed by atoms with Crippen molar-refractivity contribution in [3.8, 4) is 0 Å². The summed E-state index contributed by atoms with van der Waals surface area (Å²) in [4.78, 5) is 18.7. The number of aromatic amines is 1. The van der Waals surface area contributed by atoms with Crippen LogP contribution in [0, 0.1) is 20.8 Å². The van der Waals surface area contributed by atoms with E-state index in [0.717, 1.165) is 52.9 Å². The first-order chi connectivity index (χ1) is 9.58. The monoisotopic (exact) mass is 270 g/mol. The molecule has 1 aromatic carbocycles. The third-order valence-corrected chi connectivity index (χ3v) is 4.47. The van der Waals surface area contributed by atoms with Crippen LogP contribution in [-0.4, -0.2) is 23.0 Å². The van der Waals surface area contributed by atoms with Gasteiger partial charge in [0.2, 0.25) is 0 Å². The van der Waals surface area contributed by atoms with Gasteiger partial charge in [-0.25, -0.2) is 0 Å². The van der Waals surface area contributed by atoms with E-state index in [1.54, 1.807) is 0 Å². The van der Waals surface area contributed by atoms with Crippen molar-refractivity contribution in [2.24, 2.45) is 0 Å². The highest BCUT2D eigenvalue weighted by molar-refractivity contribution is 5.85. The Hall–Kier alpha value is -1.61. The summed E-state index contributed by atoms with van der Waals surface area (Å²) in [6.07, 6.45) is 2.51. The van der Waals surface area contributed by atoms with Gasteiger partial charge < -0.3 is 4.98 Å². The molecule has 0 atom stereocenters. The Balaban J connectivity index is 2.18. The summed E-state index contributed by atoms with van der Waals surface area (Å²) in [6.45, 7) is 9.11. The molecule has 1 N–H and O–H groups in total. The topological polar surface area (TPSA) is 36.1 Å². The van der Waals surface area contributed by atoms with Gasteiger partial charge in [-0.3, -0.25) is 9.69 Å². The van der Waals surface area contributed by atoms with Crippen LogP contribution >= 0.6 is 0 Å². The lowest BCUT2D eigenvalue weighted by Crippen LogP contribution is -2.25. The molecule has 1 aromatic heterocycles. The van der Waals surface area contributed by atoms with Crippen LogP contribution in [0.4, 0.5) is 0 Å². The molecular weight excluding hydrogens is 248 g/mol. The van der Waals surface area contributed by atoms with Crippen molar-refractivity contribution in [1.82, 2.24) is 9.88 Å². The van der Waals surface area contributed by atoms with E-state index in [-0.39, 0.29) is 5.43 Å². The number of aromatic nitrogens is 1. The van der Waals surface area contributed by atoms with Gasteiger partial charge in [-0.2, -0.15) is 0 Å². The normalized spacial score (nSPS) is 16.1. The Labute approximate surface area is 119 Å². The molecule has 106 valence electrons. The molecule has 0 unspecified atom stereocenters. The molecule has 1 aliphatic rings. The molecule has 1 saturated heterocycles. The third-order valence-electron chi connectivity index (χ3n) is 4.47. The molecule has 3 rings (SSSR count). The van der Waals surface area contributed by atoms with Crippen LogP contribution in [0.2, 0.25) is 0 Å². The molecule has 20 heavy (non-hydrogen) atoms. The summed E-state index contributed by atoms with van der Waals surface area (Å²) in [7, 11) is 0. The van der Waals surface area contributed by atoms with E-state index in [9.17, 15) is 4.79 Å². The SMILES string of the molecule is Cc1[nH]c2c(C)ccc(C)c2c(=O)c1CN1CCCC1. The molecule has 1 fully saturated rings. The van der Waals surface area contributed by atoms with Crippen molar-refractivity contribution in [1.29, 1.82) is 0 Å². The van der Waals surface area contributed by atoms with Crippen LogP contribution in [-0.2, 0) is 6.54 Å². The maximum atomic E-state index is 12.9. The molecule has 0 saturated carbocycles. The second-order valence-corrected chi connectivity index (χ2v) is 5.99. The molecule has 0 aliphatic carbocycles. The average Bonchev–Trinajstić information content (AvgIpc) is 2.91. The molecule has 0 spiro atoms. The van der Waals surface area contributed by atoms with Crippen LogP contribution in [0.25, 0.3) is 10.9 Å². The van der Waals surface area contributed by atoms with Crippen LogP contribution in [0.15, 0.2) is 16.9 Å². The van der Waals surface area contributed by atoms with Gasteiger partial charge in [-0.05, 0) is 57.8 Å². The minimum absolute atomic E-state index is 0.212. The van der Waals surface area contributed by atoms with Crippen molar-refractivity contribution in [3.63, 3.8) is 0 Å². The standard InChI is InChI=1S/C17H22N2O/c1-11-6-7-12(2)16-15(11)17(20)14(13(3)18-16)10-19-8-4-5-9-19/h6-7H,4-5,8-10H2,1-3H3,(H,18,20). The van der Waals surface area contributed by atoms with E-state index in [4.69, 9.17) is 0 Å². The zero-order valence-corrected chi connectivity index (χ0v) is 12.5. The number of aryl methyl sites for hydroxylation is 3. The van der Waals surface area contributed by atoms with E-state index >= 15 is 0 Å². The van der Waals surface area contributed by atoms with Crippen molar-refractivity contribution >= 4 is 10.9 Å². The van der Waals surface area contributed by atoms with E-state index < -0.39 is 0 Å². The summed E-state index contributed by atoms with van der Waals surface area (Å²) in [5.74, 6) is 0. The predicted molar refractivity (Wildman–Crippen MR) is 83.3 cm³/mol. The fraction of sp³-hybridized carbons (Fsp3) is 0.471. The van der Waals surface area contributed by atoms with Gasteiger partial charge in [-0.15, -0.1) is 0 Å². The summed E-state index contributed by atoms with van der Waals surface area (Å²) in [5, 5.41) is 0.866. The van der Waals surface area contributed by atoms with Gasteiger partial charge in [0.1, 0.15) is 0 Å². The fourth-order valence-electron chi connectivity index (χ4n) is 3.20. The van der Waals surface area contributed by atoms with Gasteiger partial charge in [0.05, 0.1) is 5.52 Å². The van der Waals surface area contributed by atoms with Gasteiger partial charge in [0.25, 0.3) is 0 Å². The first kappa shape index (κ1) is 13.4. The fourth-order valence-corrected chi connectivity index (χ4v) is 3.20. The molecular formula is C17H22N2O. The van der Waals surface area contributed by atoms with E-state index in [0.29, 0.717) is 0 Å². The smallest absolute Gasteiger partial charge is 0.194 e. The van der Waals surface area contributed by atoms with Crippen LogP contribution in [0.1, 0.15) is 35.2 Å². The Bertz CT molecular complexity index is 709. The van der Waals surface area contributed by atoms with Crippen molar-refractivity contribution in [2.75, 3.05) is 13.1 Å². The number of nitrogens with zero attached hydrogens (tertiary/aromatic N) is 1. The van der Waals surface area contributed by atoms with E-state index in [1.807, 2.05) is 19.9 Å². The highest BCUT2D eigenvalue weighted by Crippen LogP contribution is 2.20. The first-order valence-corrected chi connectivity index (χ1v) is 7.42. The molecule has 1 aliphatic heterocycles. The van der Waals surface area contributed by atoms with E-state index in [2.05, 4.69) is 22.9 Å². The molecule has 0 amide bonds. The number of pyridine rings is 1. The maximum absolute atomic E-state index is 12.9. The number of hydrogen-bond acceptors (Lipinski definition) is 2. The lowest BCUT2D eigenvalue weighted by molar-refractivity contribution is 0.329. The average molecular weight is 270 g/mol. The second kappa shape index (κ2) is 5.06. The third kappa shape index (κ3) is 2.16. The molecule has 2 heterocycles. The summed E-state index contributed by atoms with van der Waals surface area (Å²) < 4.78 is 0. The molecule has 3 nitrogen and oxygen atoms in total. The number of likely N-dealkylation sites (tertiary alicyclic amines) is 1. The highest BCUT2D eigenvalue weighted by atomic mass is 16.1. The zero-order valence-electron chi connectivity index (χ0n) is 12.5. The van der Waals surface area contributed by atoms with Crippen molar-refractivity contribution in [3.05, 3.63) is 44.7 Å². The number of benzene rings is 1. The molecule has 0 bridgehead atoms. The van der Waals surface area contributed by atoms with Gasteiger partial charge in [0, 0.05) is 23.2 Å². The quantitative estimate of drug-likeness (QED) is 0.910. The largest absolute Gasteiger partial charge is 0.358 e. The Morgan fingerprint density at radius 1 is 1.10 bits per heavy atom. The minimum Gasteiger partial charge on any atom is -0.358 e. The number of hydrogen-bond donors (Lipinski definition) is 1. The Morgan fingerprint density at radius 2 is 1.75 bits per heavy atom. The zero-order chi connectivity index (χ0) is 14.3. The van der Waals surface area contributed by atoms with Gasteiger partial charge in [0.15, 0.2) is 5.43 Å². The van der Waals surface area contributed by atoms with Crippen molar-refractivity contribution in [2.45, 2.75) is 40.2 Å². The van der Waals surface area contributed by atoms with Crippen molar-refractivity contribution < 1.29 is 0 Å². The predicted octanol–water partition coefficient (Wildman–Crippen LogP) is 3.05. The summed E-state index contributed by atoms with van der Waals surface area (Å²) in [5.41, 5.74) is 5.37. The lowest BCUT2D eigenvalue weighted by Gasteiger charge is -2.17. The summed E-state index contributed by atoms with van der Waals surface area (Å²) in [6, 6.07) is 4.12. The van der Waals surface area contributed by atoms with Gasteiger partial charge in [-0.1, -0.05) is 12.1 Å². The van der Waals surface area contributed by atoms with E-state index in [1.165, 1.54) is 12.8 Å². The molecule has 3 heteroatoms. The number of fused-ring (bicyclic) bond motifs is 1. The first-order valence-electron chi connectivity index (χ1n) is 7.42. The second-order valence-electron chi connectivity index (χ2n) is 5.99. The highest BCUT2D eigenvalue weighted by Gasteiger charge is 2.17. The molecule has 2 aromatic rings. The van der Waals surface area contributed by atoms with Crippen LogP contribution < -0.4 is 5.43 Å².